The third-order valence-corrected chi connectivity index (χ3v) is 8.00. The molecule has 236 valence electrons. The zero-order chi connectivity index (χ0) is 32.8. The smallest absolute Gasteiger partial charge is 0.295 e. The summed E-state index contributed by atoms with van der Waals surface area (Å²) < 4.78 is 17.7. The number of hydrogen-bond acceptors (Lipinski definition) is 7. The normalized spacial score (nSPS) is 15.4. The van der Waals surface area contributed by atoms with Gasteiger partial charge in [0.1, 0.15) is 24.7 Å². The van der Waals surface area contributed by atoms with Crippen LogP contribution in [-0.2, 0) is 29.3 Å². The number of nitrogens with zero attached hydrogens (tertiary/aromatic N) is 2. The van der Waals surface area contributed by atoms with Gasteiger partial charge in [-0.1, -0.05) is 66.2 Å². The van der Waals surface area contributed by atoms with Gasteiger partial charge in [0.05, 0.1) is 18.7 Å². The molecule has 4 aromatic carbocycles. The predicted molar refractivity (Wildman–Crippen MR) is 178 cm³/mol. The van der Waals surface area contributed by atoms with E-state index in [2.05, 4.69) is 11.1 Å². The maximum Gasteiger partial charge on any atom is 0.295 e. The highest BCUT2D eigenvalue weighted by molar-refractivity contribution is 6.46. The van der Waals surface area contributed by atoms with Crippen molar-refractivity contribution in [3.63, 3.8) is 0 Å². The van der Waals surface area contributed by atoms with Crippen molar-refractivity contribution < 1.29 is 28.9 Å². The van der Waals surface area contributed by atoms with E-state index in [1.54, 1.807) is 67.0 Å². The first-order valence-electron chi connectivity index (χ1n) is 15.2. The molecule has 0 radical (unpaired) electrons. The predicted octanol–water partition coefficient (Wildman–Crippen LogP) is 7.18. The van der Waals surface area contributed by atoms with Crippen LogP contribution in [0.4, 0.5) is 0 Å². The number of aliphatic hydroxyl groups excluding tert-OH is 1. The Kier molecular flexibility index (Phi) is 9.29. The quantitative estimate of drug-likeness (QED) is 0.0942. The van der Waals surface area contributed by atoms with Crippen LogP contribution in [0.25, 0.3) is 5.76 Å². The van der Waals surface area contributed by atoms with Gasteiger partial charge in [-0.15, -0.1) is 0 Å². The summed E-state index contributed by atoms with van der Waals surface area (Å²) in [4.78, 5) is 32.7. The summed E-state index contributed by atoms with van der Waals surface area (Å²) in [5, 5.41) is 11.6. The van der Waals surface area contributed by atoms with Crippen LogP contribution in [0, 0.1) is 6.92 Å². The molecule has 1 saturated heterocycles. The van der Waals surface area contributed by atoms with Crippen LogP contribution < -0.4 is 14.2 Å². The molecular formula is C39H34N2O6. The number of carbonyl (C=O) groups is 2. The van der Waals surface area contributed by atoms with Gasteiger partial charge < -0.3 is 24.2 Å². The summed E-state index contributed by atoms with van der Waals surface area (Å²) in [6, 6.07) is 32.6. The fraction of sp³-hybridized carbons (Fsp3) is 0.154. The van der Waals surface area contributed by atoms with Gasteiger partial charge >= 0.3 is 0 Å². The molecule has 1 aliphatic rings. The van der Waals surface area contributed by atoms with Gasteiger partial charge in [-0.05, 0) is 77.7 Å². The number of hydrogen-bond donors (Lipinski definition) is 1. The van der Waals surface area contributed by atoms with E-state index in [1.807, 2.05) is 55.5 Å². The number of amides is 1. The molecule has 1 fully saturated rings. The second kappa shape index (κ2) is 14.0. The van der Waals surface area contributed by atoms with Crippen LogP contribution >= 0.6 is 0 Å². The molecule has 0 saturated carbocycles. The zero-order valence-corrected chi connectivity index (χ0v) is 26.1. The van der Waals surface area contributed by atoms with Crippen molar-refractivity contribution in [1.29, 1.82) is 0 Å². The Morgan fingerprint density at radius 2 is 1.49 bits per heavy atom. The molecule has 8 heteroatoms. The van der Waals surface area contributed by atoms with Crippen LogP contribution in [0.5, 0.6) is 17.2 Å². The fourth-order valence-electron chi connectivity index (χ4n) is 5.62. The first-order chi connectivity index (χ1) is 22.9. The van der Waals surface area contributed by atoms with Gasteiger partial charge in [-0.2, -0.15) is 0 Å². The molecule has 2 heterocycles. The lowest BCUT2D eigenvalue weighted by Gasteiger charge is -2.26. The standard InChI is InChI=1S/C39H34N2O6/c1-26-7-6-10-29(21-26)25-46-32-14-11-30(12-15-32)37(42)35-36(41(39(44)38(35)43)23-27-17-19-40-20-18-27)31-13-16-33(34(22-31)45-2)47-24-28-8-4-3-5-9-28/h3-22,36,42H,23-25H2,1-2H3/b37-35+. The molecular weight excluding hydrogens is 592 g/mol. The number of benzene rings is 4. The SMILES string of the molecule is COc1cc(C2/C(=C(\O)c3ccc(OCc4cccc(C)c4)cc3)C(=O)C(=O)N2Cc2ccncc2)ccc1OCc1ccccc1. The molecule has 6 rings (SSSR count). The van der Waals surface area contributed by atoms with Crippen LogP contribution in [0.15, 0.2) is 127 Å². The molecule has 1 aromatic heterocycles. The van der Waals surface area contributed by atoms with E-state index in [-0.39, 0.29) is 17.9 Å². The Morgan fingerprint density at radius 1 is 0.766 bits per heavy atom. The molecule has 5 aromatic rings. The number of Topliss-reactive ketones (excluding diaryl/α,β-unsaturated/α-hetero) is 1. The summed E-state index contributed by atoms with van der Waals surface area (Å²) in [5.41, 5.74) is 4.92. The topological polar surface area (TPSA) is 98.2 Å². The van der Waals surface area contributed by atoms with Crippen molar-refractivity contribution in [1.82, 2.24) is 9.88 Å². The molecule has 1 N–H and O–H groups in total. The summed E-state index contributed by atoms with van der Waals surface area (Å²) >= 11 is 0. The summed E-state index contributed by atoms with van der Waals surface area (Å²) in [6.07, 6.45) is 3.26. The molecule has 8 nitrogen and oxygen atoms in total. The molecule has 0 bridgehead atoms. The Balaban J connectivity index is 1.33. The minimum Gasteiger partial charge on any atom is -0.507 e. The molecule has 1 unspecified atom stereocenters. The van der Waals surface area contributed by atoms with Gasteiger partial charge in [0, 0.05) is 24.5 Å². The van der Waals surface area contributed by atoms with Crippen molar-refractivity contribution >= 4 is 17.4 Å². The van der Waals surface area contributed by atoms with Crippen LogP contribution in [-0.4, -0.2) is 33.8 Å². The lowest BCUT2D eigenvalue weighted by atomic mass is 9.94. The number of ketones is 1. The third kappa shape index (κ3) is 7.02. The maximum atomic E-state index is 13.6. The molecule has 1 aliphatic heterocycles. The van der Waals surface area contributed by atoms with Gasteiger partial charge in [0.2, 0.25) is 0 Å². The molecule has 0 spiro atoms. The highest BCUT2D eigenvalue weighted by Gasteiger charge is 2.46. The monoisotopic (exact) mass is 626 g/mol. The van der Waals surface area contributed by atoms with E-state index < -0.39 is 17.7 Å². The Morgan fingerprint density at radius 3 is 2.21 bits per heavy atom. The zero-order valence-electron chi connectivity index (χ0n) is 26.1. The van der Waals surface area contributed by atoms with E-state index >= 15 is 0 Å². The average molecular weight is 627 g/mol. The first-order valence-corrected chi connectivity index (χ1v) is 15.2. The minimum absolute atomic E-state index is 0.0162. The van der Waals surface area contributed by atoms with Crippen molar-refractivity contribution in [2.24, 2.45) is 0 Å². The average Bonchev–Trinajstić information content (AvgIpc) is 3.35. The van der Waals surface area contributed by atoms with Gasteiger partial charge in [0.25, 0.3) is 11.7 Å². The van der Waals surface area contributed by atoms with Crippen LogP contribution in [0.2, 0.25) is 0 Å². The molecule has 0 aliphatic carbocycles. The highest BCUT2D eigenvalue weighted by atomic mass is 16.5. The molecule has 1 amide bonds. The van der Waals surface area contributed by atoms with E-state index in [1.165, 1.54) is 12.0 Å². The minimum atomic E-state index is -0.891. The van der Waals surface area contributed by atoms with Gasteiger partial charge in [-0.3, -0.25) is 14.6 Å². The summed E-state index contributed by atoms with van der Waals surface area (Å²) in [5.74, 6) is -0.220. The van der Waals surface area contributed by atoms with E-state index in [9.17, 15) is 14.7 Å². The molecule has 47 heavy (non-hydrogen) atoms. The van der Waals surface area contributed by atoms with Gasteiger partial charge in [0.15, 0.2) is 11.5 Å². The van der Waals surface area contributed by atoms with Crippen molar-refractivity contribution in [3.05, 3.63) is 161 Å². The summed E-state index contributed by atoms with van der Waals surface area (Å²) in [7, 11) is 1.53. The van der Waals surface area contributed by atoms with Crippen LogP contribution in [0.3, 0.4) is 0 Å². The first kappa shape index (κ1) is 31.1. The van der Waals surface area contributed by atoms with Crippen molar-refractivity contribution in [2.45, 2.75) is 32.7 Å². The lowest BCUT2D eigenvalue weighted by Crippen LogP contribution is -2.29. The largest absolute Gasteiger partial charge is 0.507 e. The second-order valence-electron chi connectivity index (χ2n) is 11.3. The fourth-order valence-corrected chi connectivity index (χ4v) is 5.62. The number of carbonyl (C=O) groups excluding carboxylic acids is 2. The Hall–Kier alpha value is -5.89. The number of aliphatic hydroxyl groups is 1. The summed E-state index contributed by atoms with van der Waals surface area (Å²) in [6.45, 7) is 2.88. The second-order valence-corrected chi connectivity index (χ2v) is 11.3. The van der Waals surface area contributed by atoms with E-state index in [4.69, 9.17) is 14.2 Å². The number of rotatable bonds is 11. The number of aromatic nitrogens is 1. The van der Waals surface area contributed by atoms with E-state index in [0.29, 0.717) is 41.6 Å². The maximum absolute atomic E-state index is 13.6. The van der Waals surface area contributed by atoms with Gasteiger partial charge in [-0.25, -0.2) is 0 Å². The van der Waals surface area contributed by atoms with Crippen molar-refractivity contribution in [3.8, 4) is 17.2 Å². The number of methoxy groups -OCH3 is 1. The number of ether oxygens (including phenoxy) is 3. The number of likely N-dealkylation sites (tertiary alicyclic amines) is 1. The lowest BCUT2D eigenvalue weighted by molar-refractivity contribution is -0.140. The van der Waals surface area contributed by atoms with Crippen LogP contribution in [0.1, 0.15) is 39.4 Å². The molecule has 1 atom stereocenters. The third-order valence-electron chi connectivity index (χ3n) is 8.00. The Labute approximate surface area is 273 Å². The Bertz CT molecular complexity index is 1910. The number of aryl methyl sites for hydroxylation is 1. The highest BCUT2D eigenvalue weighted by Crippen LogP contribution is 2.43. The van der Waals surface area contributed by atoms with Crippen molar-refractivity contribution in [2.75, 3.05) is 7.11 Å². The number of pyridine rings is 1. The van der Waals surface area contributed by atoms with E-state index in [0.717, 1.165) is 22.3 Å².